The van der Waals surface area contributed by atoms with Crippen LogP contribution in [0.15, 0.2) is 127 Å². The van der Waals surface area contributed by atoms with Crippen LogP contribution in [0.1, 0.15) is 38.8 Å². The van der Waals surface area contributed by atoms with Crippen molar-refractivity contribution in [3.8, 4) is 45.3 Å². The molecule has 3 nitrogen and oxygen atoms in total. The van der Waals surface area contributed by atoms with Gasteiger partial charge in [-0.2, -0.15) is 0 Å². The molecule has 0 atom stereocenters. The van der Waals surface area contributed by atoms with Crippen molar-refractivity contribution < 1.29 is 0 Å². The van der Waals surface area contributed by atoms with E-state index in [9.17, 15) is 0 Å². The molecular formula is C43H33N3S. The summed E-state index contributed by atoms with van der Waals surface area (Å²) in [4.78, 5) is 15.6. The maximum absolute atomic E-state index is 5.25. The van der Waals surface area contributed by atoms with Gasteiger partial charge in [-0.05, 0) is 68.1 Å². The van der Waals surface area contributed by atoms with Crippen LogP contribution in [0.5, 0.6) is 0 Å². The van der Waals surface area contributed by atoms with Crippen molar-refractivity contribution in [3.63, 3.8) is 0 Å². The van der Waals surface area contributed by atoms with Gasteiger partial charge in [-0.25, -0.2) is 15.0 Å². The van der Waals surface area contributed by atoms with Gasteiger partial charge >= 0.3 is 0 Å². The lowest BCUT2D eigenvalue weighted by Gasteiger charge is -2.48. The van der Waals surface area contributed by atoms with Crippen LogP contribution < -0.4 is 0 Å². The minimum Gasteiger partial charge on any atom is -0.208 e. The fourth-order valence-corrected chi connectivity index (χ4v) is 8.56. The minimum absolute atomic E-state index is 0.0241. The Kier molecular flexibility index (Phi) is 6.06. The fourth-order valence-electron chi connectivity index (χ4n) is 7.43. The van der Waals surface area contributed by atoms with Gasteiger partial charge in [0.2, 0.25) is 0 Å². The summed E-state index contributed by atoms with van der Waals surface area (Å²) in [5.74, 6) is 2.04. The van der Waals surface area contributed by atoms with Crippen LogP contribution in [0.2, 0.25) is 0 Å². The van der Waals surface area contributed by atoms with Crippen LogP contribution in [-0.2, 0) is 10.8 Å². The molecule has 0 N–H and O–H groups in total. The molecule has 0 spiro atoms. The van der Waals surface area contributed by atoms with Crippen LogP contribution in [0, 0.1) is 0 Å². The lowest BCUT2D eigenvalue weighted by molar-refractivity contribution is 0.299. The molecule has 8 aromatic rings. The molecule has 0 saturated heterocycles. The lowest BCUT2D eigenvalue weighted by atomic mass is 9.55. The maximum atomic E-state index is 5.25. The zero-order valence-corrected chi connectivity index (χ0v) is 27.7. The Hall–Kier alpha value is -5.19. The average molecular weight is 624 g/mol. The Labute approximate surface area is 278 Å². The van der Waals surface area contributed by atoms with E-state index in [1.807, 2.05) is 11.3 Å². The van der Waals surface area contributed by atoms with Crippen LogP contribution in [0.4, 0.5) is 0 Å². The molecule has 226 valence electrons. The van der Waals surface area contributed by atoms with Crippen molar-refractivity contribution in [1.82, 2.24) is 15.0 Å². The molecular weight excluding hydrogens is 591 g/mol. The summed E-state index contributed by atoms with van der Waals surface area (Å²) in [5.41, 5.74) is 8.16. The van der Waals surface area contributed by atoms with Crippen molar-refractivity contribution in [2.75, 3.05) is 0 Å². The van der Waals surface area contributed by atoms with Gasteiger partial charge in [0.15, 0.2) is 17.5 Å². The third kappa shape index (κ3) is 4.21. The highest BCUT2D eigenvalue weighted by molar-refractivity contribution is 7.25. The SMILES string of the molecule is CC1(C)c2ccccc2-c2cc(-c3nc(-c4ccc5ccccc5c4)nc(-c4cccc5sc6ccccc6c45)n3)ccc2C1(C)C. The van der Waals surface area contributed by atoms with Crippen molar-refractivity contribution >= 4 is 42.3 Å². The van der Waals surface area contributed by atoms with E-state index < -0.39 is 0 Å². The lowest BCUT2D eigenvalue weighted by Crippen LogP contribution is -2.43. The van der Waals surface area contributed by atoms with Crippen LogP contribution in [-0.4, -0.2) is 15.0 Å². The smallest absolute Gasteiger partial charge is 0.164 e. The number of benzene rings is 6. The summed E-state index contributed by atoms with van der Waals surface area (Å²) >= 11 is 1.81. The molecule has 0 saturated carbocycles. The summed E-state index contributed by atoms with van der Waals surface area (Å²) in [7, 11) is 0. The Bertz CT molecular complexity index is 2540. The first-order chi connectivity index (χ1) is 22.8. The van der Waals surface area contributed by atoms with Crippen molar-refractivity contribution in [1.29, 1.82) is 0 Å². The molecule has 6 aromatic carbocycles. The molecule has 4 heteroatoms. The summed E-state index contributed by atoms with van der Waals surface area (Å²) in [6, 6.07) is 45.6. The Morgan fingerprint density at radius 1 is 0.447 bits per heavy atom. The largest absolute Gasteiger partial charge is 0.208 e. The van der Waals surface area contributed by atoms with E-state index in [2.05, 4.69) is 155 Å². The number of thiophene rings is 1. The highest BCUT2D eigenvalue weighted by atomic mass is 32.1. The third-order valence-electron chi connectivity index (χ3n) is 10.7. The zero-order chi connectivity index (χ0) is 31.9. The molecule has 0 fully saturated rings. The Morgan fingerprint density at radius 2 is 1.04 bits per heavy atom. The maximum Gasteiger partial charge on any atom is 0.164 e. The second-order valence-electron chi connectivity index (χ2n) is 13.7. The van der Waals surface area contributed by atoms with E-state index in [-0.39, 0.29) is 10.8 Å². The quantitative estimate of drug-likeness (QED) is 0.197. The number of hydrogen-bond acceptors (Lipinski definition) is 4. The number of aromatic nitrogens is 3. The minimum atomic E-state index is -0.0641. The molecule has 0 radical (unpaired) electrons. The topological polar surface area (TPSA) is 38.7 Å². The highest BCUT2D eigenvalue weighted by Gasteiger charge is 2.45. The van der Waals surface area contributed by atoms with Crippen LogP contribution in [0.25, 0.3) is 76.2 Å². The fraction of sp³-hybridized carbons (Fsp3) is 0.140. The second kappa shape index (κ2) is 10.2. The molecule has 2 aromatic heterocycles. The summed E-state index contributed by atoms with van der Waals surface area (Å²) in [6.07, 6.45) is 0. The molecule has 1 aliphatic carbocycles. The molecule has 0 unspecified atom stereocenters. The molecule has 2 heterocycles. The molecule has 0 amide bonds. The van der Waals surface area contributed by atoms with E-state index in [0.29, 0.717) is 17.5 Å². The first-order valence-electron chi connectivity index (χ1n) is 16.2. The molecule has 47 heavy (non-hydrogen) atoms. The van der Waals surface area contributed by atoms with Crippen LogP contribution in [0.3, 0.4) is 0 Å². The Balaban J connectivity index is 1.30. The van der Waals surface area contributed by atoms with E-state index in [1.54, 1.807) is 0 Å². The van der Waals surface area contributed by atoms with Crippen LogP contribution >= 0.6 is 11.3 Å². The van der Waals surface area contributed by atoms with Gasteiger partial charge in [0.05, 0.1) is 0 Å². The van der Waals surface area contributed by atoms with Gasteiger partial charge in [0, 0.05) is 36.9 Å². The monoisotopic (exact) mass is 623 g/mol. The number of nitrogens with zero attached hydrogens (tertiary/aromatic N) is 3. The zero-order valence-electron chi connectivity index (χ0n) is 26.9. The molecule has 1 aliphatic rings. The number of rotatable bonds is 3. The van der Waals surface area contributed by atoms with E-state index in [1.165, 1.54) is 47.8 Å². The summed E-state index contributed by atoms with van der Waals surface area (Å²) in [5, 5.41) is 4.78. The van der Waals surface area contributed by atoms with Gasteiger partial charge in [-0.15, -0.1) is 11.3 Å². The highest BCUT2D eigenvalue weighted by Crippen LogP contribution is 2.54. The van der Waals surface area contributed by atoms with Gasteiger partial charge in [0.1, 0.15) is 0 Å². The predicted molar refractivity (Wildman–Crippen MR) is 198 cm³/mol. The normalized spacial score (nSPS) is 14.7. The first kappa shape index (κ1) is 28.1. The first-order valence-corrected chi connectivity index (χ1v) is 17.0. The van der Waals surface area contributed by atoms with Crippen molar-refractivity contribution in [2.45, 2.75) is 38.5 Å². The number of hydrogen-bond donors (Lipinski definition) is 0. The summed E-state index contributed by atoms with van der Waals surface area (Å²) < 4.78 is 2.49. The van der Waals surface area contributed by atoms with Crippen molar-refractivity contribution in [2.24, 2.45) is 0 Å². The third-order valence-corrected chi connectivity index (χ3v) is 11.8. The van der Waals surface area contributed by atoms with E-state index >= 15 is 0 Å². The van der Waals surface area contributed by atoms with Gasteiger partial charge in [-0.1, -0.05) is 131 Å². The van der Waals surface area contributed by atoms with E-state index in [4.69, 9.17) is 15.0 Å². The molecule has 9 rings (SSSR count). The summed E-state index contributed by atoms with van der Waals surface area (Å²) in [6.45, 7) is 9.47. The Morgan fingerprint density at radius 3 is 1.87 bits per heavy atom. The molecule has 0 aliphatic heterocycles. The molecule has 0 bridgehead atoms. The van der Waals surface area contributed by atoms with E-state index in [0.717, 1.165) is 22.1 Å². The van der Waals surface area contributed by atoms with Gasteiger partial charge in [-0.3, -0.25) is 0 Å². The van der Waals surface area contributed by atoms with Gasteiger partial charge < -0.3 is 0 Å². The second-order valence-corrected chi connectivity index (χ2v) is 14.8. The van der Waals surface area contributed by atoms with Gasteiger partial charge in [0.25, 0.3) is 0 Å². The van der Waals surface area contributed by atoms with Crippen molar-refractivity contribution in [3.05, 3.63) is 139 Å². The average Bonchev–Trinajstić information content (AvgIpc) is 3.49. The number of fused-ring (bicyclic) bond motifs is 7. The standard InChI is InChI=1S/C43H33N3S/c1-42(2)34-17-9-7-14-30(34)33-25-29(22-23-35(33)43(42,3)4)40-44-39(28-21-20-26-12-5-6-13-27(26)24-28)45-41(46-40)32-16-11-19-37-38(32)31-15-8-10-18-36(31)47-37/h5-25H,1-4H3. The predicted octanol–water partition coefficient (Wildman–Crippen LogP) is 11.6.